The number of sulfone groups is 1. The maximum atomic E-state index is 12.4. The highest BCUT2D eigenvalue weighted by atomic mass is 32.2. The van der Waals surface area contributed by atoms with Crippen LogP contribution in [-0.4, -0.2) is 57.0 Å². The van der Waals surface area contributed by atoms with E-state index in [1.165, 1.54) is 0 Å². The van der Waals surface area contributed by atoms with E-state index in [-0.39, 0.29) is 30.1 Å². The molecule has 23 heavy (non-hydrogen) atoms. The number of ether oxygens (including phenoxy) is 2. The van der Waals surface area contributed by atoms with E-state index in [1.54, 1.807) is 18.1 Å². The molecule has 2 rings (SSSR count). The lowest BCUT2D eigenvalue weighted by Gasteiger charge is -2.26. The summed E-state index contributed by atoms with van der Waals surface area (Å²) < 4.78 is 34.0. The molecule has 1 fully saturated rings. The van der Waals surface area contributed by atoms with Gasteiger partial charge in [0.25, 0.3) is 5.91 Å². The Labute approximate surface area is 137 Å². The summed E-state index contributed by atoms with van der Waals surface area (Å²) in [6.45, 7) is 4.11. The third-order valence-electron chi connectivity index (χ3n) is 3.98. The minimum atomic E-state index is -3.02. The predicted molar refractivity (Wildman–Crippen MR) is 87.7 cm³/mol. The molecule has 1 atom stereocenters. The lowest BCUT2D eigenvalue weighted by atomic mass is 10.2. The summed E-state index contributed by atoms with van der Waals surface area (Å²) in [7, 11) is -1.47. The van der Waals surface area contributed by atoms with Crippen LogP contribution in [-0.2, 0) is 14.6 Å². The number of amides is 1. The Kier molecular flexibility index (Phi) is 5.51. The largest absolute Gasteiger partial charge is 0.493 e. The topological polar surface area (TPSA) is 72.9 Å². The van der Waals surface area contributed by atoms with Crippen molar-refractivity contribution in [2.45, 2.75) is 26.3 Å². The molecule has 1 aromatic rings. The summed E-state index contributed by atoms with van der Waals surface area (Å²) in [4.78, 5) is 14.0. The number of carbonyl (C=O) groups excluding carboxylic acids is 1. The molecule has 0 bridgehead atoms. The minimum Gasteiger partial charge on any atom is -0.493 e. The van der Waals surface area contributed by atoms with Gasteiger partial charge in [0.15, 0.2) is 27.9 Å². The van der Waals surface area contributed by atoms with Crippen LogP contribution in [0.2, 0.25) is 0 Å². The van der Waals surface area contributed by atoms with Gasteiger partial charge in [0.05, 0.1) is 18.6 Å². The average molecular weight is 341 g/mol. The fourth-order valence-electron chi connectivity index (χ4n) is 2.78. The number of hydrogen-bond donors (Lipinski definition) is 0. The van der Waals surface area contributed by atoms with Gasteiger partial charge in [-0.1, -0.05) is 6.07 Å². The van der Waals surface area contributed by atoms with Crippen LogP contribution in [0.15, 0.2) is 18.2 Å². The zero-order valence-corrected chi connectivity index (χ0v) is 14.6. The Morgan fingerprint density at radius 3 is 2.65 bits per heavy atom. The molecule has 1 aliphatic rings. The third kappa shape index (κ3) is 4.37. The molecule has 0 radical (unpaired) electrons. The zero-order chi connectivity index (χ0) is 17.0. The third-order valence-corrected chi connectivity index (χ3v) is 5.73. The van der Waals surface area contributed by atoms with Crippen LogP contribution in [0.3, 0.4) is 0 Å². The van der Waals surface area contributed by atoms with E-state index >= 15 is 0 Å². The molecular weight excluding hydrogens is 318 g/mol. The molecule has 128 valence electrons. The van der Waals surface area contributed by atoms with Crippen molar-refractivity contribution in [1.82, 2.24) is 4.90 Å². The van der Waals surface area contributed by atoms with Gasteiger partial charge in [-0.15, -0.1) is 0 Å². The van der Waals surface area contributed by atoms with Gasteiger partial charge in [0.1, 0.15) is 0 Å². The first kappa shape index (κ1) is 17.6. The van der Waals surface area contributed by atoms with Gasteiger partial charge >= 0.3 is 0 Å². The SMILES string of the molecule is CCN(C(=O)COc1ccc(C)cc1OC)C1CCS(=O)(=O)C1. The van der Waals surface area contributed by atoms with Gasteiger partial charge < -0.3 is 14.4 Å². The van der Waals surface area contributed by atoms with Gasteiger partial charge in [-0.3, -0.25) is 4.79 Å². The van der Waals surface area contributed by atoms with Gasteiger partial charge in [-0.05, 0) is 38.0 Å². The van der Waals surface area contributed by atoms with Gasteiger partial charge in [-0.25, -0.2) is 8.42 Å². The summed E-state index contributed by atoms with van der Waals surface area (Å²) >= 11 is 0. The number of aryl methyl sites for hydroxylation is 1. The van der Waals surface area contributed by atoms with Crippen LogP contribution in [0.4, 0.5) is 0 Å². The Balaban J connectivity index is 2.01. The number of nitrogens with zero attached hydrogens (tertiary/aromatic N) is 1. The molecule has 1 aliphatic heterocycles. The van der Waals surface area contributed by atoms with Crippen molar-refractivity contribution in [3.8, 4) is 11.5 Å². The number of likely N-dealkylation sites (N-methyl/N-ethyl adjacent to an activating group) is 1. The number of carbonyl (C=O) groups is 1. The monoisotopic (exact) mass is 341 g/mol. The van der Waals surface area contributed by atoms with Gasteiger partial charge in [-0.2, -0.15) is 0 Å². The Hall–Kier alpha value is -1.76. The highest BCUT2D eigenvalue weighted by Crippen LogP contribution is 2.28. The second-order valence-electron chi connectivity index (χ2n) is 5.68. The predicted octanol–water partition coefficient (Wildman–Crippen LogP) is 1.42. The van der Waals surface area contributed by atoms with Crippen molar-refractivity contribution in [2.24, 2.45) is 0 Å². The van der Waals surface area contributed by atoms with Crippen molar-refractivity contribution in [1.29, 1.82) is 0 Å². The van der Waals surface area contributed by atoms with Crippen molar-refractivity contribution in [3.63, 3.8) is 0 Å². The van der Waals surface area contributed by atoms with E-state index in [0.29, 0.717) is 24.5 Å². The van der Waals surface area contributed by atoms with Crippen LogP contribution in [0.5, 0.6) is 11.5 Å². The van der Waals surface area contributed by atoms with Crippen LogP contribution in [0, 0.1) is 6.92 Å². The Morgan fingerprint density at radius 2 is 2.09 bits per heavy atom. The van der Waals surface area contributed by atoms with Crippen molar-refractivity contribution >= 4 is 15.7 Å². The Bertz CT molecular complexity index is 671. The first-order valence-corrected chi connectivity index (χ1v) is 9.45. The van der Waals surface area contributed by atoms with E-state index in [9.17, 15) is 13.2 Å². The van der Waals surface area contributed by atoms with E-state index in [2.05, 4.69) is 0 Å². The molecule has 0 spiro atoms. The summed E-state index contributed by atoms with van der Waals surface area (Å²) in [5.74, 6) is 1.05. The van der Waals surface area contributed by atoms with Gasteiger partial charge in [0, 0.05) is 12.6 Å². The lowest BCUT2D eigenvalue weighted by Crippen LogP contribution is -2.43. The van der Waals surface area contributed by atoms with Crippen LogP contribution in [0.25, 0.3) is 0 Å². The average Bonchev–Trinajstić information content (AvgIpc) is 2.86. The molecule has 1 aromatic carbocycles. The fraction of sp³-hybridized carbons (Fsp3) is 0.562. The van der Waals surface area contributed by atoms with Crippen molar-refractivity contribution < 1.29 is 22.7 Å². The normalized spacial score (nSPS) is 19.3. The number of hydrogen-bond acceptors (Lipinski definition) is 5. The molecule has 0 aromatic heterocycles. The second kappa shape index (κ2) is 7.21. The van der Waals surface area contributed by atoms with E-state index in [1.807, 2.05) is 26.0 Å². The van der Waals surface area contributed by atoms with E-state index < -0.39 is 9.84 Å². The van der Waals surface area contributed by atoms with Gasteiger partial charge in [0.2, 0.25) is 0 Å². The minimum absolute atomic E-state index is 0.0421. The molecule has 1 unspecified atom stereocenters. The first-order valence-electron chi connectivity index (χ1n) is 7.63. The smallest absolute Gasteiger partial charge is 0.260 e. The quantitative estimate of drug-likeness (QED) is 0.782. The molecule has 1 heterocycles. The van der Waals surface area contributed by atoms with E-state index in [4.69, 9.17) is 9.47 Å². The fourth-order valence-corrected chi connectivity index (χ4v) is 4.51. The molecule has 0 saturated carbocycles. The summed E-state index contributed by atoms with van der Waals surface area (Å²) in [5, 5.41) is 0. The van der Waals surface area contributed by atoms with Crippen LogP contribution >= 0.6 is 0 Å². The highest BCUT2D eigenvalue weighted by molar-refractivity contribution is 7.91. The number of rotatable bonds is 6. The molecule has 0 aliphatic carbocycles. The number of methoxy groups -OCH3 is 1. The van der Waals surface area contributed by atoms with Crippen LogP contribution in [0.1, 0.15) is 18.9 Å². The number of benzene rings is 1. The molecule has 1 saturated heterocycles. The van der Waals surface area contributed by atoms with Crippen LogP contribution < -0.4 is 9.47 Å². The standard InChI is InChI=1S/C16H23NO5S/c1-4-17(13-7-8-23(19,20)11-13)16(18)10-22-14-6-5-12(2)9-15(14)21-3/h5-6,9,13H,4,7-8,10-11H2,1-3H3. The maximum Gasteiger partial charge on any atom is 0.260 e. The summed E-state index contributed by atoms with van der Waals surface area (Å²) in [5.41, 5.74) is 1.03. The second-order valence-corrected chi connectivity index (χ2v) is 7.91. The molecule has 0 N–H and O–H groups in total. The molecule has 7 heteroatoms. The lowest BCUT2D eigenvalue weighted by molar-refractivity contribution is -0.135. The van der Waals surface area contributed by atoms with Crippen molar-refractivity contribution in [2.75, 3.05) is 31.8 Å². The summed E-state index contributed by atoms with van der Waals surface area (Å²) in [6.07, 6.45) is 0.496. The maximum absolute atomic E-state index is 12.4. The Morgan fingerprint density at radius 1 is 1.35 bits per heavy atom. The molecule has 1 amide bonds. The van der Waals surface area contributed by atoms with Crippen molar-refractivity contribution in [3.05, 3.63) is 23.8 Å². The first-order chi connectivity index (χ1) is 10.9. The van der Waals surface area contributed by atoms with E-state index in [0.717, 1.165) is 5.56 Å². The molecule has 6 nitrogen and oxygen atoms in total. The highest BCUT2D eigenvalue weighted by Gasteiger charge is 2.34. The molecular formula is C16H23NO5S. The zero-order valence-electron chi connectivity index (χ0n) is 13.7. The summed E-state index contributed by atoms with van der Waals surface area (Å²) in [6, 6.07) is 5.23.